The van der Waals surface area contributed by atoms with Crippen LogP contribution in [0.5, 0.6) is 0 Å². The van der Waals surface area contributed by atoms with Crippen molar-refractivity contribution in [1.82, 2.24) is 29.4 Å². The quantitative estimate of drug-likeness (QED) is 0.689. The van der Waals surface area contributed by atoms with E-state index in [0.29, 0.717) is 18.2 Å². The molecule has 1 aromatic carbocycles. The van der Waals surface area contributed by atoms with Gasteiger partial charge in [0.25, 0.3) is 5.91 Å². The van der Waals surface area contributed by atoms with Gasteiger partial charge in [0, 0.05) is 37.4 Å². The first kappa shape index (κ1) is 18.1. The van der Waals surface area contributed by atoms with Crippen molar-refractivity contribution in [1.29, 1.82) is 0 Å². The fourth-order valence-electron chi connectivity index (χ4n) is 4.62. The topological polar surface area (TPSA) is 68.8 Å². The molecule has 1 atom stereocenters. The van der Waals surface area contributed by atoms with E-state index in [1.807, 2.05) is 42.3 Å². The zero-order valence-corrected chi connectivity index (χ0v) is 16.8. The lowest BCUT2D eigenvalue weighted by atomic mass is 9.96. The summed E-state index contributed by atoms with van der Waals surface area (Å²) in [6.07, 6.45) is 9.42. The van der Waals surface area contributed by atoms with Crippen LogP contribution in [0.3, 0.4) is 0 Å². The average Bonchev–Trinajstić information content (AvgIpc) is 3.41. The highest BCUT2D eigenvalue weighted by Crippen LogP contribution is 2.29. The number of amides is 1. The molecule has 4 heterocycles. The summed E-state index contributed by atoms with van der Waals surface area (Å²) in [5.74, 6) is 1.41. The van der Waals surface area contributed by atoms with Gasteiger partial charge in [-0.1, -0.05) is 23.4 Å². The molecule has 1 fully saturated rings. The van der Waals surface area contributed by atoms with Gasteiger partial charge in [0.05, 0.1) is 11.9 Å². The normalized spacial score (nSPS) is 19.2. The molecule has 150 valence electrons. The van der Waals surface area contributed by atoms with Crippen LogP contribution >= 0.6 is 0 Å². The third kappa shape index (κ3) is 3.34. The summed E-state index contributed by atoms with van der Waals surface area (Å²) in [5.41, 5.74) is 3.79. The van der Waals surface area contributed by atoms with Crippen LogP contribution < -0.4 is 0 Å². The Bertz CT molecular complexity index is 1040. The summed E-state index contributed by atoms with van der Waals surface area (Å²) in [4.78, 5) is 19.8. The van der Waals surface area contributed by atoms with E-state index in [1.165, 1.54) is 18.5 Å². The van der Waals surface area contributed by atoms with Crippen LogP contribution in [0.2, 0.25) is 0 Å². The first-order chi connectivity index (χ1) is 14.2. The molecule has 7 nitrogen and oxygen atoms in total. The Morgan fingerprint density at radius 1 is 1.14 bits per heavy atom. The summed E-state index contributed by atoms with van der Waals surface area (Å²) in [5, 5.41) is 8.36. The Hall–Kier alpha value is -2.96. The standard InChI is InChI=1S/C22H26N6O/c1-16-7-2-3-10-20(16)28-15-19(24-25-28)22(29)26-11-6-8-17(14-26)21-23-13-18-9-4-5-12-27(18)21/h2-3,7,10,13,15,17H,4-6,8-9,11-12,14H2,1H3. The van der Waals surface area contributed by atoms with Gasteiger partial charge in [0.2, 0.25) is 0 Å². The lowest BCUT2D eigenvalue weighted by Gasteiger charge is -2.32. The zero-order chi connectivity index (χ0) is 19.8. The number of imidazole rings is 1. The van der Waals surface area contributed by atoms with E-state index >= 15 is 0 Å². The van der Waals surface area contributed by atoms with Crippen molar-refractivity contribution in [3.63, 3.8) is 0 Å². The molecule has 7 heteroatoms. The molecule has 29 heavy (non-hydrogen) atoms. The van der Waals surface area contributed by atoms with Gasteiger partial charge in [-0.2, -0.15) is 0 Å². The smallest absolute Gasteiger partial charge is 0.276 e. The second-order valence-corrected chi connectivity index (χ2v) is 8.14. The molecule has 0 bridgehead atoms. The third-order valence-electron chi connectivity index (χ3n) is 6.18. The summed E-state index contributed by atoms with van der Waals surface area (Å²) >= 11 is 0. The molecule has 0 radical (unpaired) electrons. The number of nitrogens with zero attached hydrogens (tertiary/aromatic N) is 6. The Balaban J connectivity index is 1.34. The minimum Gasteiger partial charge on any atom is -0.336 e. The number of fused-ring (bicyclic) bond motifs is 1. The largest absolute Gasteiger partial charge is 0.336 e. The summed E-state index contributed by atoms with van der Waals surface area (Å²) in [6, 6.07) is 7.96. The number of hydrogen-bond donors (Lipinski definition) is 0. The van der Waals surface area contributed by atoms with Crippen molar-refractivity contribution in [3.05, 3.63) is 59.4 Å². The number of benzene rings is 1. The number of likely N-dealkylation sites (tertiary alicyclic amines) is 1. The third-order valence-corrected chi connectivity index (χ3v) is 6.18. The van der Waals surface area contributed by atoms with Crippen molar-refractivity contribution < 1.29 is 4.79 Å². The van der Waals surface area contributed by atoms with Crippen molar-refractivity contribution in [3.8, 4) is 5.69 Å². The predicted molar refractivity (Wildman–Crippen MR) is 109 cm³/mol. The van der Waals surface area contributed by atoms with Gasteiger partial charge < -0.3 is 9.47 Å². The van der Waals surface area contributed by atoms with Crippen LogP contribution in [0.1, 0.15) is 59.2 Å². The van der Waals surface area contributed by atoms with Gasteiger partial charge in [0.15, 0.2) is 5.69 Å². The van der Waals surface area contributed by atoms with Crippen LogP contribution in [0.25, 0.3) is 5.69 Å². The summed E-state index contributed by atoms with van der Waals surface area (Å²) < 4.78 is 4.07. The van der Waals surface area contributed by atoms with Crippen LogP contribution in [0, 0.1) is 6.92 Å². The highest BCUT2D eigenvalue weighted by molar-refractivity contribution is 5.92. The highest BCUT2D eigenvalue weighted by atomic mass is 16.2. The molecule has 1 saturated heterocycles. The SMILES string of the molecule is Cc1ccccc1-n1cc(C(=O)N2CCCC(c3ncc4n3CCCC4)C2)nn1. The molecular weight excluding hydrogens is 364 g/mol. The molecule has 0 saturated carbocycles. The minimum absolute atomic E-state index is 0.0417. The molecule has 0 aliphatic carbocycles. The van der Waals surface area contributed by atoms with Crippen molar-refractivity contribution in [2.24, 2.45) is 0 Å². The second-order valence-electron chi connectivity index (χ2n) is 8.14. The van der Waals surface area contributed by atoms with Gasteiger partial charge in [-0.15, -0.1) is 5.10 Å². The van der Waals surface area contributed by atoms with Gasteiger partial charge in [-0.25, -0.2) is 9.67 Å². The number of piperidine rings is 1. The van der Waals surface area contributed by atoms with Gasteiger partial charge in [0.1, 0.15) is 5.82 Å². The van der Waals surface area contributed by atoms with Gasteiger partial charge >= 0.3 is 0 Å². The zero-order valence-electron chi connectivity index (χ0n) is 16.8. The van der Waals surface area contributed by atoms with E-state index in [-0.39, 0.29) is 5.91 Å². The Morgan fingerprint density at radius 2 is 2.03 bits per heavy atom. The fourth-order valence-corrected chi connectivity index (χ4v) is 4.62. The van der Waals surface area contributed by atoms with E-state index in [9.17, 15) is 4.79 Å². The Kier molecular flexibility index (Phi) is 4.66. The van der Waals surface area contributed by atoms with Crippen LogP contribution in [0.4, 0.5) is 0 Å². The van der Waals surface area contributed by atoms with E-state index in [2.05, 4.69) is 14.9 Å². The van der Waals surface area contributed by atoms with E-state index < -0.39 is 0 Å². The molecule has 1 unspecified atom stereocenters. The van der Waals surface area contributed by atoms with E-state index in [0.717, 1.165) is 49.4 Å². The molecule has 5 rings (SSSR count). The van der Waals surface area contributed by atoms with E-state index in [4.69, 9.17) is 4.98 Å². The number of hydrogen-bond acceptors (Lipinski definition) is 4. The molecule has 2 aliphatic rings. The highest BCUT2D eigenvalue weighted by Gasteiger charge is 2.30. The maximum atomic E-state index is 13.1. The van der Waals surface area contributed by atoms with Gasteiger partial charge in [-0.3, -0.25) is 4.79 Å². The Labute approximate surface area is 170 Å². The second kappa shape index (κ2) is 7.46. The first-order valence-electron chi connectivity index (χ1n) is 10.5. The predicted octanol–water partition coefficient (Wildman–Crippen LogP) is 3.13. The number of aromatic nitrogens is 5. The summed E-state index contributed by atoms with van der Waals surface area (Å²) in [6.45, 7) is 4.55. The van der Waals surface area contributed by atoms with Crippen LogP contribution in [-0.2, 0) is 13.0 Å². The van der Waals surface area contributed by atoms with Crippen molar-refractivity contribution in [2.75, 3.05) is 13.1 Å². The number of carbonyl (C=O) groups is 1. The monoisotopic (exact) mass is 390 g/mol. The lowest BCUT2D eigenvalue weighted by molar-refractivity contribution is 0.0697. The van der Waals surface area contributed by atoms with Gasteiger partial charge in [-0.05, 0) is 50.7 Å². The average molecular weight is 390 g/mol. The molecular formula is C22H26N6O. The fraction of sp³-hybridized carbons (Fsp3) is 0.455. The molecule has 0 N–H and O–H groups in total. The van der Waals surface area contributed by atoms with E-state index in [1.54, 1.807) is 10.9 Å². The minimum atomic E-state index is -0.0417. The number of aryl methyl sites for hydroxylation is 2. The maximum absolute atomic E-state index is 13.1. The molecule has 3 aromatic rings. The lowest BCUT2D eigenvalue weighted by Crippen LogP contribution is -2.40. The molecule has 2 aromatic heterocycles. The molecule has 0 spiro atoms. The number of para-hydroxylation sites is 1. The molecule has 1 amide bonds. The molecule has 2 aliphatic heterocycles. The van der Waals surface area contributed by atoms with Crippen molar-refractivity contribution in [2.45, 2.75) is 51.5 Å². The van der Waals surface area contributed by atoms with Crippen LogP contribution in [-0.4, -0.2) is 48.4 Å². The van der Waals surface area contributed by atoms with Crippen LogP contribution in [0.15, 0.2) is 36.7 Å². The first-order valence-corrected chi connectivity index (χ1v) is 10.5. The Morgan fingerprint density at radius 3 is 2.93 bits per heavy atom. The van der Waals surface area contributed by atoms with Crippen molar-refractivity contribution >= 4 is 5.91 Å². The number of carbonyl (C=O) groups excluding carboxylic acids is 1. The number of rotatable bonds is 3. The maximum Gasteiger partial charge on any atom is 0.276 e. The summed E-state index contributed by atoms with van der Waals surface area (Å²) in [7, 11) is 0.